The molecule has 0 saturated heterocycles. The fraction of sp³-hybridized carbons (Fsp3) is 0.917. The number of carbonyl (C=O) groups excluding carboxylic acids is 1. The fourth-order valence-electron chi connectivity index (χ4n) is 2.34. The monoisotopic (exact) mass is 263 g/mol. The lowest BCUT2D eigenvalue weighted by Crippen LogP contribution is -2.45. The van der Waals surface area contributed by atoms with Gasteiger partial charge >= 0.3 is 0 Å². The molecule has 0 spiro atoms. The first kappa shape index (κ1) is 16.7. The molecule has 0 heterocycles. The Hall–Kier alpha value is -0.320. The topological polar surface area (TPSA) is 58.4 Å². The number of carbonyl (C=O) groups is 1. The minimum atomic E-state index is -0.389. The van der Waals surface area contributed by atoms with Crippen molar-refractivity contribution in [3.05, 3.63) is 0 Å². The fourth-order valence-corrected chi connectivity index (χ4v) is 2.34. The molecule has 4 nitrogen and oxygen atoms in total. The number of nitrogens with two attached hydrogens (primary N) is 1. The predicted molar refractivity (Wildman–Crippen MR) is 73.3 cm³/mol. The normalized spacial score (nSPS) is 26.2. The number of nitrogens with zero attached hydrogens (tertiary/aromatic N) is 1. The molecule has 1 atom stereocenters. The van der Waals surface area contributed by atoms with E-state index >= 15 is 0 Å². The first-order chi connectivity index (χ1) is 7.49. The molecule has 5 heteroatoms. The van der Waals surface area contributed by atoms with Crippen LogP contribution in [0.3, 0.4) is 0 Å². The standard InChI is InChI=1S/C12H25N3O.ClH/c1-9(13)12(16)14-11-6-4-10(5-7-11)8-15(2)3;/h9-11H,4-8,13H2,1-3H3,(H,14,16);1H/t9-,10?,11?;/m1./s1. The van der Waals surface area contributed by atoms with Crippen molar-refractivity contribution in [2.45, 2.75) is 44.7 Å². The van der Waals surface area contributed by atoms with E-state index in [1.165, 1.54) is 12.8 Å². The van der Waals surface area contributed by atoms with Crippen LogP contribution in [0.2, 0.25) is 0 Å². The summed E-state index contributed by atoms with van der Waals surface area (Å²) >= 11 is 0. The first-order valence-corrected chi connectivity index (χ1v) is 6.19. The third-order valence-electron chi connectivity index (χ3n) is 3.23. The summed E-state index contributed by atoms with van der Waals surface area (Å²) in [6.07, 6.45) is 4.61. The molecule has 0 aromatic heterocycles. The van der Waals surface area contributed by atoms with Gasteiger partial charge in [-0.1, -0.05) is 0 Å². The maximum atomic E-state index is 11.4. The SMILES string of the molecule is C[C@@H](N)C(=O)NC1CCC(CN(C)C)CC1.Cl. The Balaban J connectivity index is 0.00000256. The highest BCUT2D eigenvalue weighted by Crippen LogP contribution is 2.24. The van der Waals surface area contributed by atoms with Crippen LogP contribution in [-0.4, -0.2) is 43.5 Å². The van der Waals surface area contributed by atoms with Crippen LogP contribution in [0.1, 0.15) is 32.6 Å². The van der Waals surface area contributed by atoms with Gasteiger partial charge in [0.05, 0.1) is 6.04 Å². The largest absolute Gasteiger partial charge is 0.352 e. The maximum Gasteiger partial charge on any atom is 0.236 e. The lowest BCUT2D eigenvalue weighted by molar-refractivity contribution is -0.122. The smallest absolute Gasteiger partial charge is 0.236 e. The quantitative estimate of drug-likeness (QED) is 0.795. The molecule has 3 N–H and O–H groups in total. The summed E-state index contributed by atoms with van der Waals surface area (Å²) in [5.74, 6) is 0.773. The maximum absolute atomic E-state index is 11.4. The second-order valence-corrected chi connectivity index (χ2v) is 5.28. The van der Waals surface area contributed by atoms with Gasteiger partial charge in [-0.3, -0.25) is 4.79 Å². The number of hydrogen-bond donors (Lipinski definition) is 2. The van der Waals surface area contributed by atoms with Crippen molar-refractivity contribution in [2.24, 2.45) is 11.7 Å². The molecule has 1 aliphatic carbocycles. The second kappa shape index (κ2) is 7.90. The van der Waals surface area contributed by atoms with E-state index in [-0.39, 0.29) is 24.4 Å². The number of nitrogens with one attached hydrogen (secondary N) is 1. The zero-order valence-electron chi connectivity index (χ0n) is 11.1. The third-order valence-corrected chi connectivity index (χ3v) is 3.23. The summed E-state index contributed by atoms with van der Waals surface area (Å²) < 4.78 is 0. The Morgan fingerprint density at radius 2 is 1.88 bits per heavy atom. The summed E-state index contributed by atoms with van der Waals surface area (Å²) in [5.41, 5.74) is 5.53. The van der Waals surface area contributed by atoms with Crippen LogP contribution in [-0.2, 0) is 4.79 Å². The molecule has 0 radical (unpaired) electrons. The Morgan fingerprint density at radius 1 is 1.35 bits per heavy atom. The Labute approximate surface area is 111 Å². The molecule has 0 unspecified atom stereocenters. The van der Waals surface area contributed by atoms with Crippen LogP contribution in [0.25, 0.3) is 0 Å². The summed E-state index contributed by atoms with van der Waals surface area (Å²) in [4.78, 5) is 13.7. The molecule has 0 aromatic carbocycles. The van der Waals surface area contributed by atoms with Gasteiger partial charge in [-0.25, -0.2) is 0 Å². The van der Waals surface area contributed by atoms with E-state index in [9.17, 15) is 4.79 Å². The van der Waals surface area contributed by atoms with Crippen molar-refractivity contribution in [2.75, 3.05) is 20.6 Å². The molecular weight excluding hydrogens is 238 g/mol. The van der Waals surface area contributed by atoms with Crippen LogP contribution in [0.4, 0.5) is 0 Å². The number of halogens is 1. The minimum Gasteiger partial charge on any atom is -0.352 e. The minimum absolute atomic E-state index is 0. The second-order valence-electron chi connectivity index (χ2n) is 5.28. The molecular formula is C12H26ClN3O. The van der Waals surface area contributed by atoms with Gasteiger partial charge in [0.1, 0.15) is 0 Å². The Kier molecular flexibility index (Phi) is 7.75. The molecule has 0 bridgehead atoms. The summed E-state index contributed by atoms with van der Waals surface area (Å²) in [6, 6.07) is -0.0450. The molecule has 1 amide bonds. The molecule has 1 rings (SSSR count). The summed E-state index contributed by atoms with van der Waals surface area (Å²) in [7, 11) is 4.23. The average molecular weight is 264 g/mol. The number of rotatable bonds is 4. The predicted octanol–water partition coefficient (Wildman–Crippen LogP) is 0.992. The van der Waals surface area contributed by atoms with Crippen LogP contribution < -0.4 is 11.1 Å². The highest BCUT2D eigenvalue weighted by molar-refractivity contribution is 5.85. The van der Waals surface area contributed by atoms with E-state index in [1.54, 1.807) is 6.92 Å². The van der Waals surface area contributed by atoms with Crippen molar-refractivity contribution >= 4 is 18.3 Å². The van der Waals surface area contributed by atoms with E-state index in [0.29, 0.717) is 6.04 Å². The summed E-state index contributed by atoms with van der Waals surface area (Å²) in [5, 5.41) is 3.01. The molecule has 0 aromatic rings. The lowest BCUT2D eigenvalue weighted by atomic mass is 9.85. The molecule has 102 valence electrons. The van der Waals surface area contributed by atoms with Gasteiger partial charge in [0, 0.05) is 12.6 Å². The lowest BCUT2D eigenvalue weighted by Gasteiger charge is -2.31. The van der Waals surface area contributed by atoms with E-state index in [1.807, 2.05) is 0 Å². The number of hydrogen-bond acceptors (Lipinski definition) is 3. The van der Waals surface area contributed by atoms with Crippen molar-refractivity contribution in [1.82, 2.24) is 10.2 Å². The van der Waals surface area contributed by atoms with Gasteiger partial charge in [0.25, 0.3) is 0 Å². The highest BCUT2D eigenvalue weighted by Gasteiger charge is 2.23. The Bertz CT molecular complexity index is 226. The van der Waals surface area contributed by atoms with E-state index < -0.39 is 0 Å². The number of amides is 1. The van der Waals surface area contributed by atoms with Gasteiger partial charge < -0.3 is 16.0 Å². The zero-order chi connectivity index (χ0) is 12.1. The first-order valence-electron chi connectivity index (χ1n) is 6.19. The van der Waals surface area contributed by atoms with Gasteiger partial charge in [-0.2, -0.15) is 0 Å². The van der Waals surface area contributed by atoms with Crippen molar-refractivity contribution in [3.8, 4) is 0 Å². The van der Waals surface area contributed by atoms with Gasteiger partial charge in [0.15, 0.2) is 0 Å². The van der Waals surface area contributed by atoms with Crippen molar-refractivity contribution < 1.29 is 4.79 Å². The average Bonchev–Trinajstić information content (AvgIpc) is 2.20. The highest BCUT2D eigenvalue weighted by atomic mass is 35.5. The van der Waals surface area contributed by atoms with Crippen molar-refractivity contribution in [1.29, 1.82) is 0 Å². The van der Waals surface area contributed by atoms with E-state index in [2.05, 4.69) is 24.3 Å². The zero-order valence-corrected chi connectivity index (χ0v) is 11.9. The van der Waals surface area contributed by atoms with E-state index in [4.69, 9.17) is 5.73 Å². The van der Waals surface area contributed by atoms with Crippen LogP contribution in [0.5, 0.6) is 0 Å². The molecule has 0 aliphatic heterocycles. The van der Waals surface area contributed by atoms with Crippen LogP contribution in [0, 0.1) is 5.92 Å². The van der Waals surface area contributed by atoms with Gasteiger partial charge in [-0.15, -0.1) is 12.4 Å². The van der Waals surface area contributed by atoms with Gasteiger partial charge in [-0.05, 0) is 52.6 Å². The molecule has 1 fully saturated rings. The van der Waals surface area contributed by atoms with E-state index in [0.717, 1.165) is 25.3 Å². The van der Waals surface area contributed by atoms with Gasteiger partial charge in [0.2, 0.25) is 5.91 Å². The summed E-state index contributed by atoms with van der Waals surface area (Å²) in [6.45, 7) is 2.89. The van der Waals surface area contributed by atoms with Crippen LogP contribution >= 0.6 is 12.4 Å². The molecule has 17 heavy (non-hydrogen) atoms. The van der Waals surface area contributed by atoms with Crippen molar-refractivity contribution in [3.63, 3.8) is 0 Å². The van der Waals surface area contributed by atoms with Crippen LogP contribution in [0.15, 0.2) is 0 Å². The Morgan fingerprint density at radius 3 is 2.29 bits per heavy atom. The third kappa shape index (κ3) is 6.24. The molecule has 1 saturated carbocycles. The molecule has 1 aliphatic rings.